The van der Waals surface area contributed by atoms with E-state index in [1.54, 1.807) is 0 Å². The molecule has 0 atom stereocenters. The fraction of sp³-hybridized carbons (Fsp3) is 0.333. The predicted molar refractivity (Wildman–Crippen MR) is 92.0 cm³/mol. The first kappa shape index (κ1) is 14.2. The van der Waals surface area contributed by atoms with Crippen LogP contribution in [0.1, 0.15) is 25.0 Å². The van der Waals surface area contributed by atoms with Crippen LogP contribution >= 0.6 is 0 Å². The fourth-order valence-electron chi connectivity index (χ4n) is 3.30. The van der Waals surface area contributed by atoms with Crippen LogP contribution < -0.4 is 5.73 Å². The molecule has 1 aliphatic rings. The van der Waals surface area contributed by atoms with Gasteiger partial charge in [0.15, 0.2) is 0 Å². The summed E-state index contributed by atoms with van der Waals surface area (Å²) < 4.78 is 2.12. The number of likely N-dealkylation sites (tertiary alicyclic amines) is 1. The Morgan fingerprint density at radius 2 is 1.91 bits per heavy atom. The number of anilines is 1. The first-order valence-electron chi connectivity index (χ1n) is 8.21. The van der Waals surface area contributed by atoms with Crippen LogP contribution in [0, 0.1) is 0 Å². The molecule has 5 heteroatoms. The predicted octanol–water partition coefficient (Wildman–Crippen LogP) is 2.96. The largest absolute Gasteiger partial charge is 0.398 e. The number of piperidine rings is 1. The van der Waals surface area contributed by atoms with Crippen LogP contribution in [0.15, 0.2) is 42.7 Å². The molecule has 0 aliphatic carbocycles. The molecule has 0 radical (unpaired) electrons. The molecule has 3 aromatic rings. The highest BCUT2D eigenvalue weighted by Gasteiger charge is 2.19. The van der Waals surface area contributed by atoms with Crippen molar-refractivity contribution in [3.05, 3.63) is 48.4 Å². The minimum Gasteiger partial charge on any atom is -0.398 e. The summed E-state index contributed by atoms with van der Waals surface area (Å²) in [6.07, 6.45) is 7.67. The van der Waals surface area contributed by atoms with Gasteiger partial charge in [-0.25, -0.2) is 4.98 Å². The van der Waals surface area contributed by atoms with Gasteiger partial charge in [-0.05, 0) is 50.2 Å². The first-order valence-corrected chi connectivity index (χ1v) is 8.21. The Balaban J connectivity index is 1.82. The molecule has 0 bridgehead atoms. The van der Waals surface area contributed by atoms with Gasteiger partial charge in [0.1, 0.15) is 11.3 Å². The Bertz CT molecular complexity index is 803. The van der Waals surface area contributed by atoms with Crippen molar-refractivity contribution in [2.75, 3.05) is 18.8 Å². The summed E-state index contributed by atoms with van der Waals surface area (Å²) in [5.41, 5.74) is 10.7. The van der Waals surface area contributed by atoms with E-state index in [4.69, 9.17) is 10.7 Å². The normalized spacial score (nSPS) is 16.0. The lowest BCUT2D eigenvalue weighted by Gasteiger charge is -2.26. The molecule has 0 amide bonds. The number of hydrogen-bond donors (Lipinski definition) is 1. The van der Waals surface area contributed by atoms with E-state index >= 15 is 0 Å². The second-order valence-electron chi connectivity index (χ2n) is 6.15. The van der Waals surface area contributed by atoms with Gasteiger partial charge in [-0.1, -0.05) is 12.5 Å². The molecular formula is C18H21N5. The molecule has 1 saturated heterocycles. The molecule has 1 aliphatic heterocycles. The molecule has 0 spiro atoms. The molecular weight excluding hydrogens is 286 g/mol. The van der Waals surface area contributed by atoms with Gasteiger partial charge in [0.2, 0.25) is 0 Å². The lowest BCUT2D eigenvalue weighted by atomic mass is 10.1. The van der Waals surface area contributed by atoms with E-state index in [1.165, 1.54) is 25.0 Å². The molecule has 4 heterocycles. The molecule has 2 N–H and O–H groups in total. The van der Waals surface area contributed by atoms with Gasteiger partial charge in [-0.2, -0.15) is 0 Å². The standard InChI is InChI=1S/C18H21N5/c19-14-7-8-17-21-18(15-6-2-3-9-20-15)16(23(17)12-14)13-22-10-4-1-5-11-22/h2-3,6-9,12H,1,4-5,10-11,13,19H2. The highest BCUT2D eigenvalue weighted by molar-refractivity contribution is 5.64. The van der Waals surface area contributed by atoms with Crippen LogP contribution in [0.4, 0.5) is 5.69 Å². The summed E-state index contributed by atoms with van der Waals surface area (Å²) in [6, 6.07) is 9.83. The molecule has 118 valence electrons. The summed E-state index contributed by atoms with van der Waals surface area (Å²) in [5, 5.41) is 0. The van der Waals surface area contributed by atoms with Crippen LogP contribution in [0.25, 0.3) is 17.0 Å². The molecule has 0 unspecified atom stereocenters. The van der Waals surface area contributed by atoms with Gasteiger partial charge < -0.3 is 5.73 Å². The zero-order valence-electron chi connectivity index (χ0n) is 13.2. The Hall–Kier alpha value is -2.40. The van der Waals surface area contributed by atoms with Gasteiger partial charge in [0.05, 0.1) is 11.4 Å². The average molecular weight is 307 g/mol. The number of hydrogen-bond acceptors (Lipinski definition) is 4. The van der Waals surface area contributed by atoms with Gasteiger partial charge in [-0.15, -0.1) is 0 Å². The van der Waals surface area contributed by atoms with E-state index in [0.29, 0.717) is 0 Å². The molecule has 4 rings (SSSR count). The van der Waals surface area contributed by atoms with E-state index in [-0.39, 0.29) is 0 Å². The maximum Gasteiger partial charge on any atom is 0.137 e. The number of nitrogen functional groups attached to an aromatic ring is 1. The third-order valence-corrected chi connectivity index (χ3v) is 4.47. The maximum absolute atomic E-state index is 6.00. The summed E-state index contributed by atoms with van der Waals surface area (Å²) in [5.74, 6) is 0. The van der Waals surface area contributed by atoms with Crippen molar-refractivity contribution in [1.82, 2.24) is 19.3 Å². The van der Waals surface area contributed by atoms with Crippen LogP contribution in [0.3, 0.4) is 0 Å². The summed E-state index contributed by atoms with van der Waals surface area (Å²) in [7, 11) is 0. The highest BCUT2D eigenvalue weighted by Crippen LogP contribution is 2.26. The number of pyridine rings is 2. The number of rotatable bonds is 3. The second-order valence-corrected chi connectivity index (χ2v) is 6.15. The third kappa shape index (κ3) is 2.80. The van der Waals surface area contributed by atoms with E-state index in [2.05, 4.69) is 14.3 Å². The maximum atomic E-state index is 6.00. The zero-order chi connectivity index (χ0) is 15.6. The van der Waals surface area contributed by atoms with Crippen molar-refractivity contribution in [3.8, 4) is 11.4 Å². The fourth-order valence-corrected chi connectivity index (χ4v) is 3.30. The monoisotopic (exact) mass is 307 g/mol. The van der Waals surface area contributed by atoms with Crippen molar-refractivity contribution < 1.29 is 0 Å². The lowest BCUT2D eigenvalue weighted by molar-refractivity contribution is 0.218. The van der Waals surface area contributed by atoms with Gasteiger partial charge in [0.25, 0.3) is 0 Å². The van der Waals surface area contributed by atoms with Crippen molar-refractivity contribution in [2.45, 2.75) is 25.8 Å². The van der Waals surface area contributed by atoms with Gasteiger partial charge in [-0.3, -0.25) is 14.3 Å². The Labute approximate surface area is 135 Å². The Kier molecular flexibility index (Phi) is 3.71. The minimum atomic E-state index is 0.752. The summed E-state index contributed by atoms with van der Waals surface area (Å²) in [4.78, 5) is 11.8. The minimum absolute atomic E-state index is 0.752. The molecule has 23 heavy (non-hydrogen) atoms. The summed E-state index contributed by atoms with van der Waals surface area (Å²) >= 11 is 0. The van der Waals surface area contributed by atoms with E-state index in [9.17, 15) is 0 Å². The van der Waals surface area contributed by atoms with Crippen molar-refractivity contribution >= 4 is 11.3 Å². The van der Waals surface area contributed by atoms with Crippen molar-refractivity contribution in [1.29, 1.82) is 0 Å². The SMILES string of the molecule is Nc1ccc2nc(-c3ccccn3)c(CN3CCCCC3)n2c1. The van der Waals surface area contributed by atoms with Gasteiger partial charge in [0, 0.05) is 24.6 Å². The van der Waals surface area contributed by atoms with Crippen LogP contribution in [0.2, 0.25) is 0 Å². The number of nitrogens with two attached hydrogens (primary N) is 1. The van der Waals surface area contributed by atoms with Crippen molar-refractivity contribution in [2.24, 2.45) is 0 Å². The Morgan fingerprint density at radius 3 is 2.70 bits per heavy atom. The quantitative estimate of drug-likeness (QED) is 0.808. The number of fused-ring (bicyclic) bond motifs is 1. The van der Waals surface area contributed by atoms with E-state index < -0.39 is 0 Å². The molecule has 0 saturated carbocycles. The first-order chi connectivity index (χ1) is 11.3. The topological polar surface area (TPSA) is 59.5 Å². The molecule has 5 nitrogen and oxygen atoms in total. The van der Waals surface area contributed by atoms with E-state index in [1.807, 2.05) is 42.7 Å². The lowest BCUT2D eigenvalue weighted by Crippen LogP contribution is -2.29. The van der Waals surface area contributed by atoms with Crippen LogP contribution in [-0.4, -0.2) is 32.4 Å². The second kappa shape index (κ2) is 6.01. The molecule has 1 fully saturated rings. The van der Waals surface area contributed by atoms with Gasteiger partial charge >= 0.3 is 0 Å². The van der Waals surface area contributed by atoms with E-state index in [0.717, 1.165) is 42.4 Å². The summed E-state index contributed by atoms with van der Waals surface area (Å²) in [6.45, 7) is 3.19. The van der Waals surface area contributed by atoms with Crippen molar-refractivity contribution in [3.63, 3.8) is 0 Å². The average Bonchev–Trinajstić information content (AvgIpc) is 2.95. The number of nitrogens with zero attached hydrogens (tertiary/aromatic N) is 4. The van der Waals surface area contributed by atoms with Crippen LogP contribution in [-0.2, 0) is 6.54 Å². The third-order valence-electron chi connectivity index (χ3n) is 4.47. The smallest absolute Gasteiger partial charge is 0.137 e. The number of aromatic nitrogens is 3. The highest BCUT2D eigenvalue weighted by atomic mass is 15.2. The Morgan fingerprint density at radius 1 is 1.04 bits per heavy atom. The van der Waals surface area contributed by atoms with Crippen LogP contribution in [0.5, 0.6) is 0 Å². The zero-order valence-corrected chi connectivity index (χ0v) is 13.2. The molecule has 0 aromatic carbocycles. The molecule has 3 aromatic heterocycles. The number of imidazole rings is 1.